The zero-order valence-electron chi connectivity index (χ0n) is 14.6. The zero-order chi connectivity index (χ0) is 19.2. The lowest BCUT2D eigenvalue weighted by Crippen LogP contribution is -2.26. The number of rotatable bonds is 6. The van der Waals surface area contributed by atoms with Crippen molar-refractivity contribution < 1.29 is 13.9 Å². The number of para-hydroxylation sites is 1. The highest BCUT2D eigenvalue weighted by molar-refractivity contribution is 9.10. The van der Waals surface area contributed by atoms with E-state index in [9.17, 15) is 4.79 Å². The van der Waals surface area contributed by atoms with Crippen molar-refractivity contribution in [3.8, 4) is 11.8 Å². The fraction of sp³-hybridized carbons (Fsp3) is 0.143. The monoisotopic (exact) mass is 424 g/mol. The molecule has 5 nitrogen and oxygen atoms in total. The predicted molar refractivity (Wildman–Crippen MR) is 104 cm³/mol. The van der Waals surface area contributed by atoms with Gasteiger partial charge in [0.15, 0.2) is 5.76 Å². The number of amides is 1. The summed E-state index contributed by atoms with van der Waals surface area (Å²) in [5, 5.41) is 12.0. The molecule has 136 valence electrons. The number of carbonyl (C=O) groups is 1. The van der Waals surface area contributed by atoms with Gasteiger partial charge in [-0.2, -0.15) is 5.26 Å². The first-order chi connectivity index (χ1) is 13.1. The molecule has 0 radical (unpaired) electrons. The number of hydrogen-bond acceptors (Lipinski definition) is 4. The van der Waals surface area contributed by atoms with Crippen molar-refractivity contribution in [1.82, 2.24) is 5.32 Å². The molecule has 1 N–H and O–H groups in total. The van der Waals surface area contributed by atoms with Gasteiger partial charge < -0.3 is 14.5 Å². The Bertz CT molecular complexity index is 974. The first-order valence-corrected chi connectivity index (χ1v) is 9.13. The molecule has 3 rings (SSSR count). The molecule has 0 spiro atoms. The summed E-state index contributed by atoms with van der Waals surface area (Å²) in [6, 6.07) is 19.9. The van der Waals surface area contributed by atoms with Crippen LogP contribution >= 0.6 is 15.9 Å². The molecule has 0 bridgehead atoms. The van der Waals surface area contributed by atoms with Gasteiger partial charge in [-0.25, -0.2) is 0 Å². The smallest absolute Gasteiger partial charge is 0.287 e. The minimum Gasteiger partial charge on any atom is -0.484 e. The van der Waals surface area contributed by atoms with E-state index in [0.717, 1.165) is 10.0 Å². The highest BCUT2D eigenvalue weighted by atomic mass is 79.9. The standard InChI is InChI=1S/C21H17BrN2O3/c1-14(15-6-8-17(22)9-7-15)24-21(25)20-11-10-18(27-20)13-26-19-5-3-2-4-16(19)12-23/h2-11,14H,13H2,1H3,(H,24,25). The van der Waals surface area contributed by atoms with Gasteiger partial charge in [-0.05, 0) is 48.9 Å². The number of halogens is 1. The average Bonchev–Trinajstić information content (AvgIpc) is 3.16. The van der Waals surface area contributed by atoms with Crippen molar-refractivity contribution in [1.29, 1.82) is 5.26 Å². The number of nitrogens with one attached hydrogen (secondary N) is 1. The number of ether oxygens (including phenoxy) is 1. The van der Waals surface area contributed by atoms with Crippen molar-refractivity contribution >= 4 is 21.8 Å². The summed E-state index contributed by atoms with van der Waals surface area (Å²) in [6.45, 7) is 2.04. The minimum absolute atomic E-state index is 0.133. The second-order valence-electron chi connectivity index (χ2n) is 5.91. The van der Waals surface area contributed by atoms with Crippen LogP contribution in [-0.4, -0.2) is 5.91 Å². The maximum absolute atomic E-state index is 12.4. The van der Waals surface area contributed by atoms with E-state index in [1.165, 1.54) is 0 Å². The first kappa shape index (κ1) is 18.7. The Kier molecular flexibility index (Phi) is 5.94. The third-order valence-electron chi connectivity index (χ3n) is 3.98. The largest absolute Gasteiger partial charge is 0.484 e. The molecule has 1 atom stereocenters. The molecule has 27 heavy (non-hydrogen) atoms. The van der Waals surface area contributed by atoms with E-state index >= 15 is 0 Å². The summed E-state index contributed by atoms with van der Waals surface area (Å²) in [5.74, 6) is 0.899. The molecule has 1 aromatic heterocycles. The van der Waals surface area contributed by atoms with E-state index in [-0.39, 0.29) is 24.3 Å². The van der Waals surface area contributed by atoms with Gasteiger partial charge in [-0.15, -0.1) is 0 Å². The highest BCUT2D eigenvalue weighted by Crippen LogP contribution is 2.20. The summed E-state index contributed by atoms with van der Waals surface area (Å²) in [5.41, 5.74) is 1.44. The Morgan fingerprint density at radius 3 is 2.67 bits per heavy atom. The van der Waals surface area contributed by atoms with Crippen LogP contribution in [0.15, 0.2) is 69.6 Å². The van der Waals surface area contributed by atoms with Crippen molar-refractivity contribution in [2.24, 2.45) is 0 Å². The van der Waals surface area contributed by atoms with Crippen LogP contribution in [0.3, 0.4) is 0 Å². The summed E-state index contributed by atoms with van der Waals surface area (Å²) in [4.78, 5) is 12.4. The maximum atomic E-state index is 12.4. The van der Waals surface area contributed by atoms with E-state index in [4.69, 9.17) is 14.4 Å². The zero-order valence-corrected chi connectivity index (χ0v) is 16.2. The fourth-order valence-corrected chi connectivity index (χ4v) is 2.78. The Morgan fingerprint density at radius 1 is 1.19 bits per heavy atom. The van der Waals surface area contributed by atoms with Gasteiger partial charge in [0, 0.05) is 4.47 Å². The maximum Gasteiger partial charge on any atom is 0.287 e. The molecule has 0 aliphatic heterocycles. The van der Waals surface area contributed by atoms with Crippen LogP contribution in [-0.2, 0) is 6.61 Å². The van der Waals surface area contributed by atoms with E-state index in [1.54, 1.807) is 36.4 Å². The van der Waals surface area contributed by atoms with E-state index in [2.05, 4.69) is 27.3 Å². The Morgan fingerprint density at radius 2 is 1.93 bits per heavy atom. The summed E-state index contributed by atoms with van der Waals surface area (Å²) in [6.07, 6.45) is 0. The number of furan rings is 1. The molecule has 3 aromatic rings. The highest BCUT2D eigenvalue weighted by Gasteiger charge is 2.15. The van der Waals surface area contributed by atoms with Gasteiger partial charge in [0.25, 0.3) is 5.91 Å². The molecule has 0 aliphatic carbocycles. The number of nitrogens with zero attached hydrogens (tertiary/aromatic N) is 1. The van der Waals surface area contributed by atoms with Crippen LogP contribution in [0.2, 0.25) is 0 Å². The van der Waals surface area contributed by atoms with Crippen molar-refractivity contribution in [3.63, 3.8) is 0 Å². The van der Waals surface area contributed by atoms with Gasteiger partial charge in [0.1, 0.15) is 24.2 Å². The number of hydrogen-bond donors (Lipinski definition) is 1. The molecular formula is C21H17BrN2O3. The third-order valence-corrected chi connectivity index (χ3v) is 4.51. The Hall–Kier alpha value is -3.04. The quantitative estimate of drug-likeness (QED) is 0.604. The average molecular weight is 425 g/mol. The van der Waals surface area contributed by atoms with Crippen LogP contribution in [0.5, 0.6) is 5.75 Å². The number of benzene rings is 2. The molecule has 1 amide bonds. The molecule has 0 aliphatic rings. The Balaban J connectivity index is 1.60. The van der Waals surface area contributed by atoms with Crippen LogP contribution in [0.25, 0.3) is 0 Å². The Labute approximate surface area is 165 Å². The topological polar surface area (TPSA) is 75.3 Å². The first-order valence-electron chi connectivity index (χ1n) is 8.34. The van der Waals surface area contributed by atoms with Gasteiger partial charge >= 0.3 is 0 Å². The predicted octanol–water partition coefficient (Wildman–Crippen LogP) is 4.98. The van der Waals surface area contributed by atoms with E-state index < -0.39 is 0 Å². The second-order valence-corrected chi connectivity index (χ2v) is 6.82. The van der Waals surface area contributed by atoms with Crippen molar-refractivity contribution in [2.75, 3.05) is 0 Å². The van der Waals surface area contributed by atoms with Gasteiger partial charge in [0.05, 0.1) is 11.6 Å². The SMILES string of the molecule is CC(NC(=O)c1ccc(COc2ccccc2C#N)o1)c1ccc(Br)cc1. The van der Waals surface area contributed by atoms with Crippen LogP contribution in [0, 0.1) is 11.3 Å². The molecule has 2 aromatic carbocycles. The molecular weight excluding hydrogens is 408 g/mol. The summed E-state index contributed by atoms with van der Waals surface area (Å²) >= 11 is 3.39. The van der Waals surface area contributed by atoms with Crippen LogP contribution < -0.4 is 10.1 Å². The fourth-order valence-electron chi connectivity index (χ4n) is 2.51. The van der Waals surface area contributed by atoms with Crippen LogP contribution in [0.1, 0.15) is 40.4 Å². The molecule has 1 unspecified atom stereocenters. The summed E-state index contributed by atoms with van der Waals surface area (Å²) in [7, 11) is 0. The lowest BCUT2D eigenvalue weighted by molar-refractivity contribution is 0.0907. The van der Waals surface area contributed by atoms with E-state index in [1.807, 2.05) is 31.2 Å². The lowest BCUT2D eigenvalue weighted by Gasteiger charge is -2.13. The second kappa shape index (κ2) is 8.56. The molecule has 1 heterocycles. The normalized spacial score (nSPS) is 11.4. The molecule has 0 saturated carbocycles. The van der Waals surface area contributed by atoms with Gasteiger partial charge in [0.2, 0.25) is 0 Å². The van der Waals surface area contributed by atoms with E-state index in [0.29, 0.717) is 17.1 Å². The summed E-state index contributed by atoms with van der Waals surface area (Å²) < 4.78 is 12.2. The third kappa shape index (κ3) is 4.78. The molecule has 0 saturated heterocycles. The van der Waals surface area contributed by atoms with Crippen molar-refractivity contribution in [3.05, 3.63) is 87.8 Å². The molecule has 0 fully saturated rings. The van der Waals surface area contributed by atoms with Crippen molar-refractivity contribution in [2.45, 2.75) is 19.6 Å². The minimum atomic E-state index is -0.297. The van der Waals surface area contributed by atoms with Gasteiger partial charge in [-0.3, -0.25) is 4.79 Å². The molecule has 6 heteroatoms. The van der Waals surface area contributed by atoms with Crippen LogP contribution in [0.4, 0.5) is 0 Å². The number of carbonyl (C=O) groups excluding carboxylic acids is 1. The lowest BCUT2D eigenvalue weighted by atomic mass is 10.1. The van der Waals surface area contributed by atoms with Gasteiger partial charge in [-0.1, -0.05) is 40.2 Å². The number of nitriles is 1.